The van der Waals surface area contributed by atoms with Crippen molar-refractivity contribution in [3.05, 3.63) is 65.2 Å². The molecule has 0 atom stereocenters. The van der Waals surface area contributed by atoms with Gasteiger partial charge >= 0.3 is 0 Å². The van der Waals surface area contributed by atoms with E-state index in [-0.39, 0.29) is 11.5 Å². The Kier molecular flexibility index (Phi) is 4.20. The van der Waals surface area contributed by atoms with E-state index in [9.17, 15) is 9.90 Å². The SMILES string of the molecule is COc1cc(C(=O)C=Cc2cccc(C)c2)ccc1O. The highest BCUT2D eigenvalue weighted by molar-refractivity contribution is 6.07. The Labute approximate surface area is 118 Å². The number of carbonyl (C=O) groups excluding carboxylic acids is 1. The number of phenolic OH excluding ortho intramolecular Hbond substituents is 1. The van der Waals surface area contributed by atoms with Gasteiger partial charge in [-0.15, -0.1) is 0 Å². The number of carbonyl (C=O) groups is 1. The van der Waals surface area contributed by atoms with E-state index in [0.717, 1.165) is 11.1 Å². The summed E-state index contributed by atoms with van der Waals surface area (Å²) in [6.45, 7) is 2.00. The molecule has 0 radical (unpaired) electrons. The minimum Gasteiger partial charge on any atom is -0.504 e. The molecule has 0 heterocycles. The van der Waals surface area contributed by atoms with Gasteiger partial charge in [-0.3, -0.25) is 4.79 Å². The molecule has 3 nitrogen and oxygen atoms in total. The number of hydrogen-bond acceptors (Lipinski definition) is 3. The summed E-state index contributed by atoms with van der Waals surface area (Å²) in [6, 6.07) is 12.4. The van der Waals surface area contributed by atoms with Gasteiger partial charge in [0.05, 0.1) is 7.11 Å². The number of aryl methyl sites for hydroxylation is 1. The van der Waals surface area contributed by atoms with Crippen LogP contribution in [0.3, 0.4) is 0 Å². The van der Waals surface area contributed by atoms with Crippen LogP contribution >= 0.6 is 0 Å². The van der Waals surface area contributed by atoms with E-state index in [1.807, 2.05) is 31.2 Å². The van der Waals surface area contributed by atoms with Crippen LogP contribution in [-0.2, 0) is 0 Å². The fourth-order valence-corrected chi connectivity index (χ4v) is 1.87. The van der Waals surface area contributed by atoms with Gasteiger partial charge in [0.25, 0.3) is 0 Å². The molecule has 102 valence electrons. The first kappa shape index (κ1) is 13.9. The van der Waals surface area contributed by atoms with E-state index in [4.69, 9.17) is 4.74 Å². The van der Waals surface area contributed by atoms with Crippen LogP contribution in [0.1, 0.15) is 21.5 Å². The van der Waals surface area contributed by atoms with Gasteiger partial charge in [0.1, 0.15) is 0 Å². The topological polar surface area (TPSA) is 46.5 Å². The molecule has 0 aliphatic rings. The number of allylic oxidation sites excluding steroid dienone is 1. The predicted octanol–water partition coefficient (Wildman–Crippen LogP) is 3.61. The van der Waals surface area contributed by atoms with Crippen molar-refractivity contribution >= 4 is 11.9 Å². The molecule has 0 bridgehead atoms. The summed E-state index contributed by atoms with van der Waals surface area (Å²) < 4.78 is 4.99. The summed E-state index contributed by atoms with van der Waals surface area (Å²) in [7, 11) is 1.45. The number of ether oxygens (including phenoxy) is 1. The van der Waals surface area contributed by atoms with E-state index in [1.54, 1.807) is 12.1 Å². The Hall–Kier alpha value is -2.55. The van der Waals surface area contributed by atoms with Crippen molar-refractivity contribution < 1.29 is 14.6 Å². The number of rotatable bonds is 4. The number of hydrogen-bond donors (Lipinski definition) is 1. The van der Waals surface area contributed by atoms with Gasteiger partial charge in [-0.1, -0.05) is 35.9 Å². The third-order valence-corrected chi connectivity index (χ3v) is 2.93. The monoisotopic (exact) mass is 268 g/mol. The Morgan fingerprint density at radius 2 is 2.00 bits per heavy atom. The lowest BCUT2D eigenvalue weighted by molar-refractivity contribution is 0.104. The van der Waals surface area contributed by atoms with Gasteiger partial charge < -0.3 is 9.84 Å². The fourth-order valence-electron chi connectivity index (χ4n) is 1.87. The largest absolute Gasteiger partial charge is 0.504 e. The smallest absolute Gasteiger partial charge is 0.185 e. The van der Waals surface area contributed by atoms with Crippen molar-refractivity contribution in [3.63, 3.8) is 0 Å². The fraction of sp³-hybridized carbons (Fsp3) is 0.118. The maximum absolute atomic E-state index is 12.1. The molecule has 0 aromatic heterocycles. The molecule has 0 fully saturated rings. The van der Waals surface area contributed by atoms with Crippen LogP contribution in [0.2, 0.25) is 0 Å². The zero-order valence-corrected chi connectivity index (χ0v) is 11.5. The van der Waals surface area contributed by atoms with Crippen molar-refractivity contribution in [2.45, 2.75) is 6.92 Å². The van der Waals surface area contributed by atoms with Crippen molar-refractivity contribution in [3.8, 4) is 11.5 Å². The molecular formula is C17H16O3. The van der Waals surface area contributed by atoms with Crippen molar-refractivity contribution in [1.29, 1.82) is 0 Å². The standard InChI is InChI=1S/C17H16O3/c1-12-4-3-5-13(10-12)6-8-15(18)14-7-9-16(19)17(11-14)20-2/h3-11,19H,1-2H3. The molecular weight excluding hydrogens is 252 g/mol. The van der Waals surface area contributed by atoms with Gasteiger partial charge in [-0.2, -0.15) is 0 Å². The second kappa shape index (κ2) is 6.06. The lowest BCUT2D eigenvalue weighted by atomic mass is 10.1. The number of phenols is 1. The van der Waals surface area contributed by atoms with Crippen LogP contribution in [0.5, 0.6) is 11.5 Å². The van der Waals surface area contributed by atoms with Crippen LogP contribution in [0.4, 0.5) is 0 Å². The van der Waals surface area contributed by atoms with Gasteiger partial charge in [0.2, 0.25) is 0 Å². The van der Waals surface area contributed by atoms with E-state index in [0.29, 0.717) is 11.3 Å². The molecule has 0 aliphatic heterocycles. The predicted molar refractivity (Wildman–Crippen MR) is 79.2 cm³/mol. The zero-order valence-electron chi connectivity index (χ0n) is 11.5. The van der Waals surface area contributed by atoms with Crippen LogP contribution in [0.15, 0.2) is 48.5 Å². The third kappa shape index (κ3) is 3.26. The Balaban J connectivity index is 2.20. The molecule has 1 N–H and O–H groups in total. The summed E-state index contributed by atoms with van der Waals surface area (Å²) in [5.41, 5.74) is 2.60. The van der Waals surface area contributed by atoms with Crippen LogP contribution in [0.25, 0.3) is 6.08 Å². The van der Waals surface area contributed by atoms with Gasteiger partial charge in [0.15, 0.2) is 17.3 Å². The Bertz CT molecular complexity index is 657. The highest BCUT2D eigenvalue weighted by atomic mass is 16.5. The summed E-state index contributed by atoms with van der Waals surface area (Å²) in [5.74, 6) is 0.177. The molecule has 20 heavy (non-hydrogen) atoms. The van der Waals surface area contributed by atoms with Crippen LogP contribution in [0, 0.1) is 6.92 Å². The average Bonchev–Trinajstić information content (AvgIpc) is 2.45. The van der Waals surface area contributed by atoms with Crippen LogP contribution in [-0.4, -0.2) is 18.0 Å². The van der Waals surface area contributed by atoms with E-state index in [1.165, 1.54) is 25.3 Å². The lowest BCUT2D eigenvalue weighted by Gasteiger charge is -2.04. The highest BCUT2D eigenvalue weighted by Gasteiger charge is 2.07. The van der Waals surface area contributed by atoms with Gasteiger partial charge in [-0.25, -0.2) is 0 Å². The van der Waals surface area contributed by atoms with Gasteiger partial charge in [-0.05, 0) is 36.8 Å². The number of methoxy groups -OCH3 is 1. The summed E-state index contributed by atoms with van der Waals surface area (Å²) in [5, 5.41) is 9.50. The van der Waals surface area contributed by atoms with E-state index >= 15 is 0 Å². The number of ketones is 1. The summed E-state index contributed by atoms with van der Waals surface area (Å²) in [6.07, 6.45) is 3.29. The highest BCUT2D eigenvalue weighted by Crippen LogP contribution is 2.26. The average molecular weight is 268 g/mol. The third-order valence-electron chi connectivity index (χ3n) is 2.93. The summed E-state index contributed by atoms with van der Waals surface area (Å²) in [4.78, 5) is 12.1. The normalized spacial score (nSPS) is 10.7. The number of benzene rings is 2. The first-order chi connectivity index (χ1) is 9.60. The Morgan fingerprint density at radius 3 is 2.70 bits per heavy atom. The van der Waals surface area contributed by atoms with Crippen molar-refractivity contribution in [2.24, 2.45) is 0 Å². The quantitative estimate of drug-likeness (QED) is 0.680. The summed E-state index contributed by atoms with van der Waals surface area (Å²) >= 11 is 0. The van der Waals surface area contributed by atoms with Crippen molar-refractivity contribution in [1.82, 2.24) is 0 Å². The molecule has 2 aromatic carbocycles. The minimum absolute atomic E-state index is 0.0201. The minimum atomic E-state index is -0.134. The first-order valence-electron chi connectivity index (χ1n) is 6.26. The van der Waals surface area contributed by atoms with Gasteiger partial charge in [0, 0.05) is 5.56 Å². The number of aromatic hydroxyl groups is 1. The molecule has 0 aliphatic carbocycles. The zero-order chi connectivity index (χ0) is 14.5. The van der Waals surface area contributed by atoms with Crippen LogP contribution < -0.4 is 4.74 Å². The van der Waals surface area contributed by atoms with Crippen molar-refractivity contribution in [2.75, 3.05) is 7.11 Å². The first-order valence-corrected chi connectivity index (χ1v) is 6.26. The maximum atomic E-state index is 12.1. The molecule has 0 amide bonds. The maximum Gasteiger partial charge on any atom is 0.185 e. The Morgan fingerprint density at radius 1 is 1.20 bits per heavy atom. The molecule has 0 saturated heterocycles. The molecule has 0 spiro atoms. The molecule has 0 saturated carbocycles. The van der Waals surface area contributed by atoms with E-state index < -0.39 is 0 Å². The molecule has 3 heteroatoms. The molecule has 0 unspecified atom stereocenters. The molecule has 2 rings (SSSR count). The lowest BCUT2D eigenvalue weighted by Crippen LogP contribution is -1.95. The van der Waals surface area contributed by atoms with E-state index in [2.05, 4.69) is 0 Å². The second-order valence-electron chi connectivity index (χ2n) is 4.50. The second-order valence-corrected chi connectivity index (χ2v) is 4.50. The molecule has 2 aromatic rings.